The zero-order valence-corrected chi connectivity index (χ0v) is 13.5. The smallest absolute Gasteiger partial charge is 0.213 e. The van der Waals surface area contributed by atoms with Crippen LogP contribution >= 0.6 is 0 Å². The Labute approximate surface area is 122 Å². The lowest BCUT2D eigenvalue weighted by Gasteiger charge is -2.19. The zero-order valence-electron chi connectivity index (χ0n) is 13.5. The van der Waals surface area contributed by atoms with E-state index in [2.05, 4.69) is 23.3 Å². The summed E-state index contributed by atoms with van der Waals surface area (Å²) in [4.78, 5) is 4.39. The first-order valence-corrected chi connectivity index (χ1v) is 7.36. The van der Waals surface area contributed by atoms with Gasteiger partial charge in [-0.3, -0.25) is 0 Å². The van der Waals surface area contributed by atoms with Crippen LogP contribution in [0.4, 0.5) is 0 Å². The molecule has 0 aliphatic carbocycles. The molecule has 0 aromatic carbocycles. The Kier molecular flexibility index (Phi) is 6.96. The standard InChI is InChI=1S/C16H28N2O2/c1-6-7-17-12-14-10-13(2)18-15(11-14)19-8-9-20-16(3,4)5/h10-11,17H,6-9,12H2,1-5H3. The van der Waals surface area contributed by atoms with Crippen molar-refractivity contribution in [3.63, 3.8) is 0 Å². The maximum absolute atomic E-state index is 5.67. The number of rotatable bonds is 8. The Morgan fingerprint density at radius 2 is 1.95 bits per heavy atom. The van der Waals surface area contributed by atoms with Gasteiger partial charge in [0.1, 0.15) is 6.61 Å². The Morgan fingerprint density at radius 1 is 1.20 bits per heavy atom. The lowest BCUT2D eigenvalue weighted by Crippen LogP contribution is -2.22. The highest BCUT2D eigenvalue weighted by atomic mass is 16.5. The maximum atomic E-state index is 5.67. The molecule has 0 radical (unpaired) electrons. The molecule has 1 N–H and O–H groups in total. The van der Waals surface area contributed by atoms with E-state index in [0.717, 1.165) is 25.2 Å². The van der Waals surface area contributed by atoms with Crippen molar-refractivity contribution < 1.29 is 9.47 Å². The molecule has 1 heterocycles. The molecule has 0 fully saturated rings. The number of nitrogens with one attached hydrogen (secondary N) is 1. The molecule has 0 aliphatic heterocycles. The van der Waals surface area contributed by atoms with E-state index in [1.807, 2.05) is 33.8 Å². The van der Waals surface area contributed by atoms with Gasteiger partial charge in [0.15, 0.2) is 0 Å². The van der Waals surface area contributed by atoms with Crippen LogP contribution in [0.2, 0.25) is 0 Å². The SMILES string of the molecule is CCCNCc1cc(C)nc(OCCOC(C)(C)C)c1. The molecule has 0 saturated heterocycles. The van der Waals surface area contributed by atoms with Crippen molar-refractivity contribution in [1.82, 2.24) is 10.3 Å². The summed E-state index contributed by atoms with van der Waals surface area (Å²) in [5, 5.41) is 3.38. The summed E-state index contributed by atoms with van der Waals surface area (Å²) in [5.41, 5.74) is 2.06. The molecule has 20 heavy (non-hydrogen) atoms. The number of aryl methyl sites for hydroxylation is 1. The molecule has 0 spiro atoms. The van der Waals surface area contributed by atoms with E-state index in [-0.39, 0.29) is 5.60 Å². The normalized spacial score (nSPS) is 11.7. The third kappa shape index (κ3) is 7.46. The number of hydrogen-bond donors (Lipinski definition) is 1. The third-order valence-corrected chi connectivity index (χ3v) is 2.61. The highest BCUT2D eigenvalue weighted by molar-refractivity contribution is 5.24. The molecule has 4 nitrogen and oxygen atoms in total. The molecule has 1 rings (SSSR count). The molecule has 0 bridgehead atoms. The highest BCUT2D eigenvalue weighted by Gasteiger charge is 2.09. The second-order valence-corrected chi connectivity index (χ2v) is 5.94. The fraction of sp³-hybridized carbons (Fsp3) is 0.688. The topological polar surface area (TPSA) is 43.4 Å². The molecule has 1 aromatic heterocycles. The van der Waals surface area contributed by atoms with E-state index in [4.69, 9.17) is 9.47 Å². The fourth-order valence-corrected chi connectivity index (χ4v) is 1.79. The molecule has 114 valence electrons. The van der Waals surface area contributed by atoms with E-state index in [1.54, 1.807) is 0 Å². The summed E-state index contributed by atoms with van der Waals surface area (Å²) in [7, 11) is 0. The molecule has 0 atom stereocenters. The van der Waals surface area contributed by atoms with Gasteiger partial charge in [0.2, 0.25) is 5.88 Å². The zero-order chi connectivity index (χ0) is 15.0. The molecule has 0 amide bonds. The second kappa shape index (κ2) is 8.22. The first-order valence-electron chi connectivity index (χ1n) is 7.36. The minimum atomic E-state index is -0.126. The minimum Gasteiger partial charge on any atom is -0.475 e. The Morgan fingerprint density at radius 3 is 2.60 bits per heavy atom. The first kappa shape index (κ1) is 16.9. The van der Waals surface area contributed by atoms with Crippen LogP contribution in [0, 0.1) is 6.92 Å². The van der Waals surface area contributed by atoms with E-state index in [0.29, 0.717) is 19.1 Å². The van der Waals surface area contributed by atoms with Gasteiger partial charge in [-0.15, -0.1) is 0 Å². The van der Waals surface area contributed by atoms with Crippen molar-refractivity contribution in [2.24, 2.45) is 0 Å². The average molecular weight is 280 g/mol. The average Bonchev–Trinajstić information content (AvgIpc) is 2.33. The predicted octanol–water partition coefficient (Wildman–Crippen LogP) is 3.08. The van der Waals surface area contributed by atoms with Crippen molar-refractivity contribution in [3.05, 3.63) is 23.4 Å². The summed E-state index contributed by atoms with van der Waals surface area (Å²) in [6, 6.07) is 4.08. The molecule has 0 unspecified atom stereocenters. The Balaban J connectivity index is 2.44. The Bertz CT molecular complexity index is 400. The van der Waals surface area contributed by atoms with Crippen molar-refractivity contribution in [2.75, 3.05) is 19.8 Å². The molecular weight excluding hydrogens is 252 g/mol. The highest BCUT2D eigenvalue weighted by Crippen LogP contribution is 2.13. The molecular formula is C16H28N2O2. The van der Waals surface area contributed by atoms with Gasteiger partial charge in [-0.1, -0.05) is 6.92 Å². The maximum Gasteiger partial charge on any atom is 0.213 e. The summed E-state index contributed by atoms with van der Waals surface area (Å²) in [6.07, 6.45) is 1.14. The summed E-state index contributed by atoms with van der Waals surface area (Å²) < 4.78 is 11.3. The van der Waals surface area contributed by atoms with Gasteiger partial charge in [-0.2, -0.15) is 0 Å². The predicted molar refractivity (Wildman–Crippen MR) is 82.2 cm³/mol. The van der Waals surface area contributed by atoms with Gasteiger partial charge in [0.05, 0.1) is 12.2 Å². The number of nitrogens with zero attached hydrogens (tertiary/aromatic N) is 1. The van der Waals surface area contributed by atoms with Crippen LogP contribution in [0.5, 0.6) is 5.88 Å². The quantitative estimate of drug-likeness (QED) is 0.743. The summed E-state index contributed by atoms with van der Waals surface area (Å²) in [6.45, 7) is 13.2. The molecule has 0 aliphatic rings. The molecule has 0 saturated carbocycles. The lowest BCUT2D eigenvalue weighted by atomic mass is 10.2. The number of aromatic nitrogens is 1. The van der Waals surface area contributed by atoms with Gasteiger partial charge < -0.3 is 14.8 Å². The van der Waals surface area contributed by atoms with E-state index < -0.39 is 0 Å². The fourth-order valence-electron chi connectivity index (χ4n) is 1.79. The van der Waals surface area contributed by atoms with Crippen molar-refractivity contribution in [2.45, 2.75) is 53.2 Å². The van der Waals surface area contributed by atoms with Crippen molar-refractivity contribution in [1.29, 1.82) is 0 Å². The Hall–Kier alpha value is -1.13. The van der Waals surface area contributed by atoms with E-state index >= 15 is 0 Å². The van der Waals surface area contributed by atoms with Gasteiger partial charge in [0, 0.05) is 18.3 Å². The van der Waals surface area contributed by atoms with Crippen molar-refractivity contribution >= 4 is 0 Å². The van der Waals surface area contributed by atoms with Crippen LogP contribution in [-0.2, 0) is 11.3 Å². The second-order valence-electron chi connectivity index (χ2n) is 5.94. The van der Waals surface area contributed by atoms with Gasteiger partial charge in [-0.05, 0) is 52.3 Å². The third-order valence-electron chi connectivity index (χ3n) is 2.61. The first-order chi connectivity index (χ1) is 9.40. The number of hydrogen-bond acceptors (Lipinski definition) is 4. The molecule has 4 heteroatoms. The van der Waals surface area contributed by atoms with Crippen molar-refractivity contribution in [3.8, 4) is 5.88 Å². The van der Waals surface area contributed by atoms with Crippen LogP contribution in [0.25, 0.3) is 0 Å². The van der Waals surface area contributed by atoms with E-state index in [9.17, 15) is 0 Å². The van der Waals surface area contributed by atoms with Crippen LogP contribution in [0.1, 0.15) is 45.4 Å². The van der Waals surface area contributed by atoms with Gasteiger partial charge in [-0.25, -0.2) is 4.98 Å². The summed E-state index contributed by atoms with van der Waals surface area (Å²) in [5.74, 6) is 0.677. The number of pyridine rings is 1. The van der Waals surface area contributed by atoms with Crippen LogP contribution < -0.4 is 10.1 Å². The van der Waals surface area contributed by atoms with Gasteiger partial charge in [0.25, 0.3) is 0 Å². The van der Waals surface area contributed by atoms with Crippen LogP contribution in [0.3, 0.4) is 0 Å². The summed E-state index contributed by atoms with van der Waals surface area (Å²) >= 11 is 0. The minimum absolute atomic E-state index is 0.126. The van der Waals surface area contributed by atoms with Crippen LogP contribution in [0.15, 0.2) is 12.1 Å². The number of ether oxygens (including phenoxy) is 2. The molecule has 1 aromatic rings. The monoisotopic (exact) mass is 280 g/mol. The largest absolute Gasteiger partial charge is 0.475 e. The van der Waals surface area contributed by atoms with E-state index in [1.165, 1.54) is 5.56 Å². The van der Waals surface area contributed by atoms with Crippen LogP contribution in [-0.4, -0.2) is 30.3 Å². The lowest BCUT2D eigenvalue weighted by molar-refractivity contribution is -0.0168. The van der Waals surface area contributed by atoms with Gasteiger partial charge >= 0.3 is 0 Å².